The molecule has 0 atom stereocenters. The number of nitrogens with zero attached hydrogens (tertiary/aromatic N) is 2. The largest absolute Gasteiger partial charge is 0.465 e. The van der Waals surface area contributed by atoms with Gasteiger partial charge in [0.15, 0.2) is 5.41 Å². The molecule has 0 saturated carbocycles. The third kappa shape index (κ3) is 4.70. The molecule has 2 aromatic rings. The fraction of sp³-hybridized carbons (Fsp3) is 0.350. The number of pyridine rings is 1. The lowest BCUT2D eigenvalue weighted by atomic mass is 9.83. The van der Waals surface area contributed by atoms with E-state index in [0.29, 0.717) is 5.69 Å². The highest BCUT2D eigenvalue weighted by molar-refractivity contribution is 6.00. The first-order chi connectivity index (χ1) is 13.3. The molecule has 1 heterocycles. The molecule has 0 aliphatic carbocycles. The monoisotopic (exact) mass is 386 g/mol. The van der Waals surface area contributed by atoms with Crippen LogP contribution < -0.4 is 0 Å². The average molecular weight is 386 g/mol. The third-order valence-electron chi connectivity index (χ3n) is 4.22. The molecular formula is C20H22N2O6. The van der Waals surface area contributed by atoms with Gasteiger partial charge in [-0.15, -0.1) is 0 Å². The van der Waals surface area contributed by atoms with Gasteiger partial charge in [-0.2, -0.15) is 0 Å². The lowest BCUT2D eigenvalue weighted by Gasteiger charge is -2.25. The number of rotatable bonds is 8. The Kier molecular flexibility index (Phi) is 6.81. The first kappa shape index (κ1) is 21.0. The number of hydrogen-bond donors (Lipinski definition) is 0. The molecule has 0 fully saturated rings. The molecular weight excluding hydrogens is 364 g/mol. The normalized spacial score (nSPS) is 11.0. The zero-order valence-electron chi connectivity index (χ0n) is 16.0. The highest BCUT2D eigenvalue weighted by atomic mass is 16.6. The second-order valence-corrected chi connectivity index (χ2v) is 6.31. The van der Waals surface area contributed by atoms with E-state index in [1.54, 1.807) is 44.2 Å². The van der Waals surface area contributed by atoms with E-state index in [4.69, 9.17) is 9.47 Å². The van der Waals surface area contributed by atoms with Crippen LogP contribution in [-0.2, 0) is 25.5 Å². The Morgan fingerprint density at radius 3 is 2.04 bits per heavy atom. The van der Waals surface area contributed by atoms with Crippen LogP contribution in [0.5, 0.6) is 0 Å². The van der Waals surface area contributed by atoms with Gasteiger partial charge in [-0.3, -0.25) is 19.7 Å². The van der Waals surface area contributed by atoms with Crippen LogP contribution in [0.1, 0.15) is 26.3 Å². The summed E-state index contributed by atoms with van der Waals surface area (Å²) in [6.45, 7) is 5.19. The van der Waals surface area contributed by atoms with Gasteiger partial charge in [0.25, 0.3) is 5.69 Å². The van der Waals surface area contributed by atoms with Crippen LogP contribution in [0.2, 0.25) is 0 Å². The van der Waals surface area contributed by atoms with Gasteiger partial charge in [0.2, 0.25) is 0 Å². The van der Waals surface area contributed by atoms with Crippen molar-refractivity contribution >= 4 is 17.6 Å². The van der Waals surface area contributed by atoms with Gasteiger partial charge in [-0.1, -0.05) is 24.3 Å². The molecule has 28 heavy (non-hydrogen) atoms. The molecule has 0 unspecified atom stereocenters. The molecule has 0 bridgehead atoms. The van der Waals surface area contributed by atoms with Gasteiger partial charge >= 0.3 is 11.9 Å². The lowest BCUT2D eigenvalue weighted by molar-refractivity contribution is -0.385. The van der Waals surface area contributed by atoms with Crippen molar-refractivity contribution in [3.05, 3.63) is 58.3 Å². The van der Waals surface area contributed by atoms with Crippen LogP contribution >= 0.6 is 0 Å². The Morgan fingerprint density at radius 2 is 1.61 bits per heavy atom. The smallest absolute Gasteiger partial charge is 0.323 e. The van der Waals surface area contributed by atoms with Gasteiger partial charge in [-0.05, 0) is 38.8 Å². The number of nitro groups is 1. The standard InChI is InChI=1S/C20H22N2O6/c1-4-27-18(23)20(3,19(24)28-5-2)12-14-6-8-15(9-7-14)17-11-10-16(13-21-17)22(25)26/h6-11,13H,4-5,12H2,1-3H3. The number of aromatic nitrogens is 1. The summed E-state index contributed by atoms with van der Waals surface area (Å²) < 4.78 is 10.1. The summed E-state index contributed by atoms with van der Waals surface area (Å²) in [5, 5.41) is 10.7. The minimum absolute atomic E-state index is 0.0833. The molecule has 0 aliphatic heterocycles. The Balaban J connectivity index is 2.23. The predicted molar refractivity (Wildman–Crippen MR) is 101 cm³/mol. The molecule has 1 aromatic carbocycles. The van der Waals surface area contributed by atoms with Crippen molar-refractivity contribution in [2.24, 2.45) is 5.41 Å². The number of ether oxygens (including phenoxy) is 2. The van der Waals surface area contributed by atoms with Crippen LogP contribution in [0.25, 0.3) is 11.3 Å². The highest BCUT2D eigenvalue weighted by Gasteiger charge is 2.44. The van der Waals surface area contributed by atoms with Crippen molar-refractivity contribution in [2.45, 2.75) is 27.2 Å². The van der Waals surface area contributed by atoms with Crippen LogP contribution in [0.15, 0.2) is 42.6 Å². The Morgan fingerprint density at radius 1 is 1.04 bits per heavy atom. The van der Waals surface area contributed by atoms with Gasteiger partial charge in [-0.25, -0.2) is 4.98 Å². The zero-order valence-corrected chi connectivity index (χ0v) is 16.0. The van der Waals surface area contributed by atoms with Crippen molar-refractivity contribution in [1.82, 2.24) is 4.98 Å². The highest BCUT2D eigenvalue weighted by Crippen LogP contribution is 2.28. The molecule has 2 rings (SSSR count). The van der Waals surface area contributed by atoms with E-state index in [1.165, 1.54) is 19.2 Å². The number of carbonyl (C=O) groups excluding carboxylic acids is 2. The molecule has 0 amide bonds. The van der Waals surface area contributed by atoms with E-state index in [-0.39, 0.29) is 25.3 Å². The van der Waals surface area contributed by atoms with Crippen LogP contribution in [-0.4, -0.2) is 35.1 Å². The fourth-order valence-electron chi connectivity index (χ4n) is 2.67. The molecule has 1 aromatic heterocycles. The summed E-state index contributed by atoms with van der Waals surface area (Å²) >= 11 is 0. The molecule has 0 radical (unpaired) electrons. The Bertz CT molecular complexity index is 828. The third-order valence-corrected chi connectivity index (χ3v) is 4.22. The maximum Gasteiger partial charge on any atom is 0.323 e. The second kappa shape index (κ2) is 9.07. The summed E-state index contributed by atoms with van der Waals surface area (Å²) in [6, 6.07) is 10.0. The lowest BCUT2D eigenvalue weighted by Crippen LogP contribution is -2.41. The summed E-state index contributed by atoms with van der Waals surface area (Å²) in [5.41, 5.74) is 0.552. The topological polar surface area (TPSA) is 109 Å². The van der Waals surface area contributed by atoms with Gasteiger partial charge in [0.1, 0.15) is 6.20 Å². The average Bonchev–Trinajstić information content (AvgIpc) is 2.69. The van der Waals surface area contributed by atoms with Crippen LogP contribution in [0.3, 0.4) is 0 Å². The SMILES string of the molecule is CCOC(=O)C(C)(Cc1ccc(-c2ccc([N+](=O)[O-])cn2)cc1)C(=O)OCC. The van der Waals surface area contributed by atoms with Gasteiger partial charge in [0, 0.05) is 11.6 Å². The van der Waals surface area contributed by atoms with Crippen LogP contribution in [0, 0.1) is 15.5 Å². The van der Waals surface area contributed by atoms with Gasteiger partial charge < -0.3 is 9.47 Å². The first-order valence-corrected chi connectivity index (χ1v) is 8.86. The minimum Gasteiger partial charge on any atom is -0.465 e. The van der Waals surface area contributed by atoms with Crippen LogP contribution in [0.4, 0.5) is 5.69 Å². The molecule has 148 valence electrons. The summed E-state index contributed by atoms with van der Waals surface area (Å²) in [6.07, 6.45) is 1.32. The minimum atomic E-state index is -1.45. The molecule has 0 saturated heterocycles. The van der Waals surface area contributed by atoms with Crippen molar-refractivity contribution in [1.29, 1.82) is 0 Å². The quantitative estimate of drug-likeness (QED) is 0.296. The predicted octanol–water partition coefficient (Wildman–Crippen LogP) is 3.33. The van der Waals surface area contributed by atoms with Crippen molar-refractivity contribution < 1.29 is 24.0 Å². The number of hydrogen-bond acceptors (Lipinski definition) is 7. The molecule has 0 N–H and O–H groups in total. The first-order valence-electron chi connectivity index (χ1n) is 8.86. The molecule has 8 heteroatoms. The molecule has 8 nitrogen and oxygen atoms in total. The summed E-state index contributed by atoms with van der Waals surface area (Å²) in [4.78, 5) is 39.0. The van der Waals surface area contributed by atoms with E-state index in [0.717, 1.165) is 11.1 Å². The maximum atomic E-state index is 12.4. The Labute approximate surface area is 162 Å². The fourth-order valence-corrected chi connectivity index (χ4v) is 2.67. The van der Waals surface area contributed by atoms with Crippen molar-refractivity contribution in [3.8, 4) is 11.3 Å². The van der Waals surface area contributed by atoms with Crippen molar-refractivity contribution in [3.63, 3.8) is 0 Å². The maximum absolute atomic E-state index is 12.4. The van der Waals surface area contributed by atoms with Gasteiger partial charge in [0.05, 0.1) is 23.8 Å². The zero-order chi connectivity index (χ0) is 20.7. The molecule has 0 spiro atoms. The molecule has 0 aliphatic rings. The van der Waals surface area contributed by atoms with E-state index < -0.39 is 22.3 Å². The second-order valence-electron chi connectivity index (χ2n) is 6.31. The van der Waals surface area contributed by atoms with E-state index in [9.17, 15) is 19.7 Å². The van der Waals surface area contributed by atoms with E-state index in [1.807, 2.05) is 0 Å². The van der Waals surface area contributed by atoms with Crippen molar-refractivity contribution in [2.75, 3.05) is 13.2 Å². The summed E-state index contributed by atoms with van der Waals surface area (Å²) in [5.74, 6) is -1.26. The summed E-state index contributed by atoms with van der Waals surface area (Å²) in [7, 11) is 0. The van der Waals surface area contributed by atoms with E-state index >= 15 is 0 Å². The number of esters is 2. The number of benzene rings is 1. The number of carbonyl (C=O) groups is 2. The Hall–Kier alpha value is -3.29. The van der Waals surface area contributed by atoms with E-state index in [2.05, 4.69) is 4.98 Å².